The van der Waals surface area contributed by atoms with Crippen molar-refractivity contribution in [2.45, 2.75) is 13.3 Å². The predicted molar refractivity (Wildman–Crippen MR) is 40.4 cm³/mol. The summed E-state index contributed by atoms with van der Waals surface area (Å²) in [6.07, 6.45) is -2.91. The van der Waals surface area contributed by atoms with E-state index in [2.05, 4.69) is 9.72 Å². The molecule has 0 aliphatic heterocycles. The van der Waals surface area contributed by atoms with Gasteiger partial charge < -0.3 is 4.74 Å². The molecule has 0 N–H and O–H groups in total. The highest BCUT2D eigenvalue weighted by atomic mass is 19.3. The molecule has 5 heteroatoms. The first kappa shape index (κ1) is 9.83. The minimum atomic E-state index is -2.91. The molecule has 0 amide bonds. The molecule has 0 saturated carbocycles. The summed E-state index contributed by atoms with van der Waals surface area (Å²) in [5, 5.41) is 0. The van der Waals surface area contributed by atoms with Gasteiger partial charge in [-0.15, -0.1) is 0 Å². The molecule has 0 bridgehead atoms. The summed E-state index contributed by atoms with van der Waals surface area (Å²) < 4.78 is 42.0. The number of aromatic nitrogens is 1. The molecule has 0 aliphatic carbocycles. The number of hydrogen-bond acceptors (Lipinski definition) is 2. The van der Waals surface area contributed by atoms with Crippen molar-refractivity contribution >= 4 is 0 Å². The smallest absolute Gasteiger partial charge is 0.271 e. The zero-order valence-corrected chi connectivity index (χ0v) is 7.14. The molecule has 1 rings (SSSR count). The van der Waals surface area contributed by atoms with E-state index in [1.807, 2.05) is 0 Å². The largest absolute Gasteiger partial charge is 0.496 e. The average Bonchev–Trinajstić information content (AvgIpc) is 2.01. The molecule has 0 spiro atoms. The quantitative estimate of drug-likeness (QED) is 0.670. The van der Waals surface area contributed by atoms with Crippen LogP contribution in [0.4, 0.5) is 13.2 Å². The van der Waals surface area contributed by atoms with E-state index in [9.17, 15) is 13.2 Å². The van der Waals surface area contributed by atoms with Crippen LogP contribution >= 0.6 is 0 Å². The van der Waals surface area contributed by atoms with Gasteiger partial charge in [-0.1, -0.05) is 0 Å². The van der Waals surface area contributed by atoms with Crippen LogP contribution < -0.4 is 4.74 Å². The zero-order chi connectivity index (χ0) is 10.0. The fourth-order valence-electron chi connectivity index (χ4n) is 0.983. The lowest BCUT2D eigenvalue weighted by Crippen LogP contribution is -2.00. The van der Waals surface area contributed by atoms with Gasteiger partial charge >= 0.3 is 0 Å². The number of hydrogen-bond donors (Lipinski definition) is 0. The molecule has 0 unspecified atom stereocenters. The Labute approximate surface area is 73.4 Å². The lowest BCUT2D eigenvalue weighted by Gasteiger charge is -2.08. The molecular formula is C8H8F3NO. The van der Waals surface area contributed by atoms with Gasteiger partial charge in [0.05, 0.1) is 7.11 Å². The second-order valence-electron chi connectivity index (χ2n) is 2.47. The normalized spacial score (nSPS) is 10.6. The van der Waals surface area contributed by atoms with Gasteiger partial charge in [0, 0.05) is 11.8 Å². The highest BCUT2D eigenvalue weighted by molar-refractivity contribution is 5.34. The fourth-order valence-corrected chi connectivity index (χ4v) is 0.983. The molecular weight excluding hydrogens is 183 g/mol. The third-order valence-corrected chi connectivity index (χ3v) is 1.54. The third-order valence-electron chi connectivity index (χ3n) is 1.54. The first-order valence-electron chi connectivity index (χ1n) is 3.55. The molecule has 0 aliphatic rings. The summed E-state index contributed by atoms with van der Waals surface area (Å²) in [5.41, 5.74) is -0.480. The summed E-state index contributed by atoms with van der Waals surface area (Å²) in [5.74, 6) is -1.34. The second kappa shape index (κ2) is 3.64. The first-order valence-corrected chi connectivity index (χ1v) is 3.55. The molecule has 0 radical (unpaired) electrons. The van der Waals surface area contributed by atoms with Crippen LogP contribution in [0.5, 0.6) is 5.75 Å². The van der Waals surface area contributed by atoms with Gasteiger partial charge in [0.2, 0.25) is 5.95 Å². The highest BCUT2D eigenvalue weighted by Gasteiger charge is 2.20. The SMILES string of the molecule is COc1cc(C)nc(F)c1C(F)F. The van der Waals surface area contributed by atoms with Crippen LogP contribution in [-0.4, -0.2) is 12.1 Å². The monoisotopic (exact) mass is 191 g/mol. The van der Waals surface area contributed by atoms with E-state index in [4.69, 9.17) is 0 Å². The lowest BCUT2D eigenvalue weighted by atomic mass is 10.2. The van der Waals surface area contributed by atoms with E-state index < -0.39 is 17.9 Å². The Morgan fingerprint density at radius 3 is 2.54 bits per heavy atom. The van der Waals surface area contributed by atoms with Crippen molar-refractivity contribution in [3.05, 3.63) is 23.3 Å². The number of halogens is 3. The molecule has 0 fully saturated rings. The van der Waals surface area contributed by atoms with Gasteiger partial charge in [0.15, 0.2) is 0 Å². The van der Waals surface area contributed by atoms with Crippen molar-refractivity contribution in [2.24, 2.45) is 0 Å². The summed E-state index contributed by atoms with van der Waals surface area (Å²) in [6, 6.07) is 1.27. The Balaban J connectivity index is 3.30. The Kier molecular flexibility index (Phi) is 2.75. The minimum absolute atomic E-state index is 0.167. The minimum Gasteiger partial charge on any atom is -0.496 e. The predicted octanol–water partition coefficient (Wildman–Crippen LogP) is 2.48. The van der Waals surface area contributed by atoms with Gasteiger partial charge in [-0.3, -0.25) is 0 Å². The van der Waals surface area contributed by atoms with Crippen molar-refractivity contribution < 1.29 is 17.9 Å². The van der Waals surface area contributed by atoms with E-state index in [0.29, 0.717) is 5.69 Å². The lowest BCUT2D eigenvalue weighted by molar-refractivity contribution is 0.140. The number of methoxy groups -OCH3 is 1. The van der Waals surface area contributed by atoms with Crippen LogP contribution in [0.25, 0.3) is 0 Å². The first-order chi connectivity index (χ1) is 6.06. The Hall–Kier alpha value is -1.26. The molecule has 2 nitrogen and oxygen atoms in total. The van der Waals surface area contributed by atoms with Crippen LogP contribution in [-0.2, 0) is 0 Å². The van der Waals surface area contributed by atoms with Gasteiger partial charge in [-0.25, -0.2) is 13.8 Å². The van der Waals surface area contributed by atoms with Crippen molar-refractivity contribution in [3.63, 3.8) is 0 Å². The molecule has 0 atom stereocenters. The van der Waals surface area contributed by atoms with E-state index in [-0.39, 0.29) is 5.75 Å². The van der Waals surface area contributed by atoms with Crippen LogP contribution in [0.3, 0.4) is 0 Å². The van der Waals surface area contributed by atoms with E-state index in [0.717, 1.165) is 0 Å². The molecule has 0 saturated heterocycles. The molecule has 72 valence electrons. The number of ether oxygens (including phenoxy) is 1. The van der Waals surface area contributed by atoms with E-state index in [1.165, 1.54) is 20.1 Å². The third kappa shape index (κ3) is 1.91. The molecule has 1 aromatic heterocycles. The Morgan fingerprint density at radius 1 is 1.46 bits per heavy atom. The van der Waals surface area contributed by atoms with Crippen LogP contribution in [0.1, 0.15) is 17.7 Å². The summed E-state index contributed by atoms with van der Waals surface area (Å²) in [7, 11) is 1.21. The molecule has 13 heavy (non-hydrogen) atoms. The average molecular weight is 191 g/mol. The fraction of sp³-hybridized carbons (Fsp3) is 0.375. The molecule has 1 heterocycles. The number of rotatable bonds is 2. The van der Waals surface area contributed by atoms with Crippen molar-refractivity contribution in [1.82, 2.24) is 4.98 Å². The van der Waals surface area contributed by atoms with Gasteiger partial charge in [-0.05, 0) is 6.92 Å². The summed E-state index contributed by atoms with van der Waals surface area (Å²) >= 11 is 0. The maximum atomic E-state index is 12.9. The second-order valence-corrected chi connectivity index (χ2v) is 2.47. The van der Waals surface area contributed by atoms with Crippen LogP contribution in [0.2, 0.25) is 0 Å². The Morgan fingerprint density at radius 2 is 2.08 bits per heavy atom. The summed E-state index contributed by atoms with van der Waals surface area (Å²) in [6.45, 7) is 1.50. The van der Waals surface area contributed by atoms with Crippen molar-refractivity contribution in [3.8, 4) is 5.75 Å². The van der Waals surface area contributed by atoms with Crippen molar-refractivity contribution in [2.75, 3.05) is 7.11 Å². The number of aryl methyl sites for hydroxylation is 1. The molecule has 0 aromatic carbocycles. The maximum Gasteiger partial charge on any atom is 0.271 e. The van der Waals surface area contributed by atoms with Crippen LogP contribution in [0.15, 0.2) is 6.07 Å². The van der Waals surface area contributed by atoms with Gasteiger partial charge in [0.25, 0.3) is 6.43 Å². The molecule has 1 aromatic rings. The highest BCUT2D eigenvalue weighted by Crippen LogP contribution is 2.30. The van der Waals surface area contributed by atoms with Crippen LogP contribution in [0, 0.1) is 12.9 Å². The van der Waals surface area contributed by atoms with E-state index >= 15 is 0 Å². The van der Waals surface area contributed by atoms with Gasteiger partial charge in [0.1, 0.15) is 11.3 Å². The van der Waals surface area contributed by atoms with Gasteiger partial charge in [-0.2, -0.15) is 4.39 Å². The topological polar surface area (TPSA) is 22.1 Å². The standard InChI is InChI=1S/C8H8F3NO/c1-4-3-5(13-2)6(7(9)10)8(11)12-4/h3,7H,1-2H3. The maximum absolute atomic E-state index is 12.9. The Bertz CT molecular complexity index is 315. The van der Waals surface area contributed by atoms with Crippen molar-refractivity contribution in [1.29, 1.82) is 0 Å². The number of nitrogens with zero attached hydrogens (tertiary/aromatic N) is 1. The number of alkyl halides is 2. The van der Waals surface area contributed by atoms with E-state index in [1.54, 1.807) is 0 Å². The summed E-state index contributed by atoms with van der Waals surface area (Å²) in [4.78, 5) is 3.28. The zero-order valence-electron chi connectivity index (χ0n) is 7.14. The number of pyridine rings is 1.